The van der Waals surface area contributed by atoms with Crippen molar-refractivity contribution in [3.63, 3.8) is 0 Å². The number of aliphatic hydroxyl groups excluding tert-OH is 1. The van der Waals surface area contributed by atoms with Gasteiger partial charge in [-0.3, -0.25) is 0 Å². The van der Waals surface area contributed by atoms with E-state index >= 15 is 0 Å². The number of ether oxygens (including phenoxy) is 1. The fraction of sp³-hybridized carbons (Fsp3) is 0.714. The van der Waals surface area contributed by atoms with Gasteiger partial charge in [0.15, 0.2) is 0 Å². The molecular weight excluding hydrogens is 298 g/mol. The standard InChI is InChI=1S/C21H37NO2/c1-2-3-4-5-6-7-8-9-10-11-16-24-21-14-12-19(13-15-21)17-20(22)18-23/h12-15,20,23H,2-11,16-18,22H2,1H3. The van der Waals surface area contributed by atoms with Crippen LogP contribution in [0.25, 0.3) is 0 Å². The zero-order valence-corrected chi connectivity index (χ0v) is 15.5. The van der Waals surface area contributed by atoms with E-state index in [1.54, 1.807) is 0 Å². The molecule has 0 amide bonds. The Labute approximate surface area is 148 Å². The van der Waals surface area contributed by atoms with Crippen molar-refractivity contribution in [2.24, 2.45) is 5.73 Å². The van der Waals surface area contributed by atoms with Crippen LogP contribution in [0.15, 0.2) is 24.3 Å². The second kappa shape index (κ2) is 14.3. The van der Waals surface area contributed by atoms with E-state index in [-0.39, 0.29) is 12.6 Å². The van der Waals surface area contributed by atoms with Gasteiger partial charge in [0.2, 0.25) is 0 Å². The van der Waals surface area contributed by atoms with Crippen LogP contribution < -0.4 is 10.5 Å². The molecule has 0 heterocycles. The predicted molar refractivity (Wildman–Crippen MR) is 103 cm³/mol. The van der Waals surface area contributed by atoms with Gasteiger partial charge < -0.3 is 15.6 Å². The highest BCUT2D eigenvalue weighted by atomic mass is 16.5. The van der Waals surface area contributed by atoms with Crippen LogP contribution in [0.1, 0.15) is 76.7 Å². The summed E-state index contributed by atoms with van der Waals surface area (Å²) in [5.74, 6) is 0.923. The highest BCUT2D eigenvalue weighted by Gasteiger charge is 2.02. The van der Waals surface area contributed by atoms with Gasteiger partial charge in [-0.2, -0.15) is 0 Å². The summed E-state index contributed by atoms with van der Waals surface area (Å²) in [5, 5.41) is 8.97. The summed E-state index contributed by atoms with van der Waals surface area (Å²) in [5.41, 5.74) is 6.88. The number of benzene rings is 1. The molecule has 0 fully saturated rings. The van der Waals surface area contributed by atoms with E-state index in [2.05, 4.69) is 6.92 Å². The molecule has 3 N–H and O–H groups in total. The molecule has 0 saturated carbocycles. The predicted octanol–water partition coefficient (Wildman–Crippen LogP) is 4.85. The minimum Gasteiger partial charge on any atom is -0.494 e. The molecule has 1 atom stereocenters. The van der Waals surface area contributed by atoms with Gasteiger partial charge in [0.25, 0.3) is 0 Å². The third-order valence-corrected chi connectivity index (χ3v) is 4.42. The Bertz CT molecular complexity index is 391. The molecule has 1 aromatic carbocycles. The Balaban J connectivity index is 1.97. The lowest BCUT2D eigenvalue weighted by Crippen LogP contribution is -2.26. The highest BCUT2D eigenvalue weighted by molar-refractivity contribution is 5.27. The molecule has 0 spiro atoms. The molecular formula is C21H37NO2. The average Bonchev–Trinajstić information content (AvgIpc) is 2.61. The Morgan fingerprint density at radius 2 is 1.42 bits per heavy atom. The quantitative estimate of drug-likeness (QED) is 0.451. The summed E-state index contributed by atoms with van der Waals surface area (Å²) < 4.78 is 5.78. The van der Waals surface area contributed by atoms with Gasteiger partial charge in [0, 0.05) is 6.04 Å². The maximum atomic E-state index is 8.97. The van der Waals surface area contributed by atoms with Gasteiger partial charge >= 0.3 is 0 Å². The molecule has 0 bridgehead atoms. The first-order valence-electron chi connectivity index (χ1n) is 9.84. The van der Waals surface area contributed by atoms with Gasteiger partial charge in [0.05, 0.1) is 13.2 Å². The second-order valence-electron chi connectivity index (χ2n) is 6.82. The van der Waals surface area contributed by atoms with Crippen LogP contribution in [0.5, 0.6) is 5.75 Å². The summed E-state index contributed by atoms with van der Waals surface area (Å²) in [6, 6.07) is 7.88. The van der Waals surface area contributed by atoms with Crippen LogP contribution in [-0.2, 0) is 6.42 Å². The van der Waals surface area contributed by atoms with Gasteiger partial charge in [-0.15, -0.1) is 0 Å². The normalized spacial score (nSPS) is 12.3. The maximum Gasteiger partial charge on any atom is 0.119 e. The molecule has 0 aliphatic rings. The van der Waals surface area contributed by atoms with Crippen molar-refractivity contribution in [2.75, 3.05) is 13.2 Å². The number of rotatable bonds is 15. The summed E-state index contributed by atoms with van der Waals surface area (Å²) in [6.07, 6.45) is 14.1. The Hall–Kier alpha value is -1.06. The zero-order valence-electron chi connectivity index (χ0n) is 15.5. The third kappa shape index (κ3) is 10.7. The molecule has 3 nitrogen and oxygen atoms in total. The fourth-order valence-electron chi connectivity index (χ4n) is 2.87. The minimum atomic E-state index is -0.177. The molecule has 0 radical (unpaired) electrons. The zero-order chi connectivity index (χ0) is 17.5. The lowest BCUT2D eigenvalue weighted by atomic mass is 10.1. The Morgan fingerprint density at radius 1 is 0.875 bits per heavy atom. The monoisotopic (exact) mass is 335 g/mol. The van der Waals surface area contributed by atoms with E-state index in [9.17, 15) is 0 Å². The maximum absolute atomic E-state index is 8.97. The van der Waals surface area contributed by atoms with Crippen LogP contribution in [0.4, 0.5) is 0 Å². The fourth-order valence-corrected chi connectivity index (χ4v) is 2.87. The number of aliphatic hydroxyl groups is 1. The molecule has 1 unspecified atom stereocenters. The first-order valence-corrected chi connectivity index (χ1v) is 9.84. The summed E-state index contributed by atoms with van der Waals surface area (Å²) in [4.78, 5) is 0. The van der Waals surface area contributed by atoms with E-state index < -0.39 is 0 Å². The Kier molecular flexibility index (Phi) is 12.5. The number of hydrogen-bond acceptors (Lipinski definition) is 3. The second-order valence-corrected chi connectivity index (χ2v) is 6.82. The van der Waals surface area contributed by atoms with Crippen molar-refractivity contribution in [1.82, 2.24) is 0 Å². The smallest absolute Gasteiger partial charge is 0.119 e. The van der Waals surface area contributed by atoms with Crippen molar-refractivity contribution in [1.29, 1.82) is 0 Å². The number of hydrogen-bond donors (Lipinski definition) is 2. The van der Waals surface area contributed by atoms with Crippen molar-refractivity contribution in [3.8, 4) is 5.75 Å². The van der Waals surface area contributed by atoms with Gasteiger partial charge in [-0.05, 0) is 30.5 Å². The van der Waals surface area contributed by atoms with E-state index in [1.165, 1.54) is 57.8 Å². The van der Waals surface area contributed by atoms with Crippen LogP contribution in [0.3, 0.4) is 0 Å². The summed E-state index contributed by atoms with van der Waals surface area (Å²) >= 11 is 0. The van der Waals surface area contributed by atoms with E-state index in [0.717, 1.165) is 24.3 Å². The highest BCUT2D eigenvalue weighted by Crippen LogP contribution is 2.15. The first kappa shape index (κ1) is 21.0. The van der Waals surface area contributed by atoms with Gasteiger partial charge in [-0.1, -0.05) is 76.8 Å². The first-order chi connectivity index (χ1) is 11.8. The molecule has 1 aromatic rings. The molecule has 3 heteroatoms. The average molecular weight is 336 g/mol. The molecule has 1 rings (SSSR count). The van der Waals surface area contributed by atoms with E-state index in [0.29, 0.717) is 6.42 Å². The topological polar surface area (TPSA) is 55.5 Å². The lowest BCUT2D eigenvalue weighted by molar-refractivity contribution is 0.265. The lowest BCUT2D eigenvalue weighted by Gasteiger charge is -2.10. The van der Waals surface area contributed by atoms with Crippen molar-refractivity contribution in [2.45, 2.75) is 83.6 Å². The van der Waals surface area contributed by atoms with Crippen LogP contribution in [0, 0.1) is 0 Å². The van der Waals surface area contributed by atoms with Crippen molar-refractivity contribution < 1.29 is 9.84 Å². The largest absolute Gasteiger partial charge is 0.494 e. The van der Waals surface area contributed by atoms with E-state index in [1.807, 2.05) is 24.3 Å². The SMILES string of the molecule is CCCCCCCCCCCCOc1ccc(CC(N)CO)cc1. The van der Waals surface area contributed by atoms with Gasteiger partial charge in [-0.25, -0.2) is 0 Å². The third-order valence-electron chi connectivity index (χ3n) is 4.42. The Morgan fingerprint density at radius 3 is 1.96 bits per heavy atom. The van der Waals surface area contributed by atoms with Crippen molar-refractivity contribution in [3.05, 3.63) is 29.8 Å². The van der Waals surface area contributed by atoms with Crippen LogP contribution in [0.2, 0.25) is 0 Å². The molecule has 0 aromatic heterocycles. The van der Waals surface area contributed by atoms with Gasteiger partial charge in [0.1, 0.15) is 5.75 Å². The molecule has 0 aliphatic carbocycles. The molecule has 138 valence electrons. The van der Waals surface area contributed by atoms with Crippen LogP contribution >= 0.6 is 0 Å². The van der Waals surface area contributed by atoms with Crippen LogP contribution in [-0.4, -0.2) is 24.4 Å². The number of nitrogens with two attached hydrogens (primary N) is 1. The molecule has 24 heavy (non-hydrogen) atoms. The molecule has 0 aliphatic heterocycles. The number of unbranched alkanes of at least 4 members (excludes halogenated alkanes) is 9. The summed E-state index contributed by atoms with van der Waals surface area (Å²) in [7, 11) is 0. The summed E-state index contributed by atoms with van der Waals surface area (Å²) in [6.45, 7) is 3.09. The van der Waals surface area contributed by atoms with E-state index in [4.69, 9.17) is 15.6 Å². The minimum absolute atomic E-state index is 0.0248. The van der Waals surface area contributed by atoms with Crippen molar-refractivity contribution >= 4 is 0 Å². The molecule has 0 saturated heterocycles.